The molecule has 0 bridgehead atoms. The second-order valence-corrected chi connectivity index (χ2v) is 8.00. The number of carbonyl (C=O) groups excluding carboxylic acids is 1. The van der Waals surface area contributed by atoms with E-state index >= 15 is 0 Å². The lowest BCUT2D eigenvalue weighted by Crippen LogP contribution is -2.24. The Labute approximate surface area is 176 Å². The Morgan fingerprint density at radius 3 is 2.50 bits per heavy atom. The maximum absolute atomic E-state index is 11.9. The van der Waals surface area contributed by atoms with Crippen LogP contribution in [0.15, 0.2) is 73.1 Å². The summed E-state index contributed by atoms with van der Waals surface area (Å²) < 4.78 is 8.41. The van der Waals surface area contributed by atoms with Crippen LogP contribution in [0.4, 0.5) is 0 Å². The van der Waals surface area contributed by atoms with E-state index in [9.17, 15) is 4.79 Å². The standard InChI is InChI=1S/C19H13Br3N2O2/c20-14-4-1-12(2-5-14)10-23-24-18(25)11-26-17-8-3-13-9-15(21)6-7-16(13)19(17)22/h1-10H,11H2,(H,24,25). The van der Waals surface area contributed by atoms with Crippen LogP contribution in [0, 0.1) is 0 Å². The van der Waals surface area contributed by atoms with Crippen molar-refractivity contribution in [1.82, 2.24) is 5.43 Å². The maximum Gasteiger partial charge on any atom is 0.277 e. The fraction of sp³-hybridized carbons (Fsp3) is 0.0526. The van der Waals surface area contributed by atoms with Crippen molar-refractivity contribution >= 4 is 70.7 Å². The number of nitrogens with one attached hydrogen (secondary N) is 1. The molecule has 132 valence electrons. The molecule has 0 radical (unpaired) electrons. The molecule has 7 heteroatoms. The van der Waals surface area contributed by atoms with Gasteiger partial charge in [0, 0.05) is 8.95 Å². The minimum atomic E-state index is -0.332. The number of fused-ring (bicyclic) bond motifs is 1. The Morgan fingerprint density at radius 2 is 1.73 bits per heavy atom. The number of nitrogens with zero attached hydrogens (tertiary/aromatic N) is 1. The van der Waals surface area contributed by atoms with Crippen LogP contribution >= 0.6 is 47.8 Å². The second kappa shape index (κ2) is 8.79. The van der Waals surface area contributed by atoms with E-state index in [0.29, 0.717) is 5.75 Å². The van der Waals surface area contributed by atoms with Crippen LogP contribution < -0.4 is 10.2 Å². The number of rotatable bonds is 5. The number of hydrazone groups is 1. The summed E-state index contributed by atoms with van der Waals surface area (Å²) in [6.07, 6.45) is 1.58. The molecule has 3 aromatic rings. The van der Waals surface area contributed by atoms with Gasteiger partial charge in [0.25, 0.3) is 5.91 Å². The molecule has 0 spiro atoms. The highest BCUT2D eigenvalue weighted by Gasteiger charge is 2.08. The predicted molar refractivity (Wildman–Crippen MR) is 115 cm³/mol. The van der Waals surface area contributed by atoms with Gasteiger partial charge in [0.2, 0.25) is 0 Å². The van der Waals surface area contributed by atoms with E-state index in [1.165, 1.54) is 0 Å². The van der Waals surface area contributed by atoms with Gasteiger partial charge in [-0.2, -0.15) is 5.10 Å². The molecular formula is C19H13Br3N2O2. The SMILES string of the molecule is O=C(COc1ccc2cc(Br)ccc2c1Br)NN=Cc1ccc(Br)cc1. The third-order valence-corrected chi connectivity index (χ3v) is 5.35. The number of amides is 1. The Kier molecular flexibility index (Phi) is 6.45. The smallest absolute Gasteiger partial charge is 0.277 e. The summed E-state index contributed by atoms with van der Waals surface area (Å²) in [5.74, 6) is 0.271. The lowest BCUT2D eigenvalue weighted by Gasteiger charge is -2.10. The minimum absolute atomic E-state index is 0.127. The van der Waals surface area contributed by atoms with Gasteiger partial charge in [-0.1, -0.05) is 56.1 Å². The molecule has 0 heterocycles. The van der Waals surface area contributed by atoms with Crippen molar-refractivity contribution in [3.63, 3.8) is 0 Å². The lowest BCUT2D eigenvalue weighted by molar-refractivity contribution is -0.123. The predicted octanol–water partition coefficient (Wildman–Crippen LogP) is 5.66. The molecule has 0 saturated carbocycles. The number of halogens is 3. The fourth-order valence-corrected chi connectivity index (χ4v) is 3.51. The summed E-state index contributed by atoms with van der Waals surface area (Å²) in [7, 11) is 0. The van der Waals surface area contributed by atoms with E-state index in [1.807, 2.05) is 54.6 Å². The van der Waals surface area contributed by atoms with Gasteiger partial charge in [-0.05, 0) is 62.6 Å². The van der Waals surface area contributed by atoms with Crippen molar-refractivity contribution in [3.8, 4) is 5.75 Å². The highest BCUT2D eigenvalue weighted by atomic mass is 79.9. The number of hydrogen-bond donors (Lipinski definition) is 1. The molecule has 0 aliphatic heterocycles. The Morgan fingerprint density at radius 1 is 1.00 bits per heavy atom. The van der Waals surface area contributed by atoms with E-state index < -0.39 is 0 Å². The maximum atomic E-state index is 11.9. The van der Waals surface area contributed by atoms with Gasteiger partial charge in [0.15, 0.2) is 6.61 Å². The van der Waals surface area contributed by atoms with Crippen molar-refractivity contribution in [3.05, 3.63) is 73.6 Å². The van der Waals surface area contributed by atoms with Crippen LogP contribution in [0.1, 0.15) is 5.56 Å². The number of carbonyl (C=O) groups is 1. The van der Waals surface area contributed by atoms with E-state index in [-0.39, 0.29) is 12.5 Å². The van der Waals surface area contributed by atoms with Crippen molar-refractivity contribution in [1.29, 1.82) is 0 Å². The van der Waals surface area contributed by atoms with Gasteiger partial charge in [0.05, 0.1) is 10.7 Å². The van der Waals surface area contributed by atoms with Crippen LogP contribution in [-0.2, 0) is 4.79 Å². The van der Waals surface area contributed by atoms with Crippen molar-refractivity contribution < 1.29 is 9.53 Å². The first-order valence-corrected chi connectivity index (χ1v) is 9.99. The largest absolute Gasteiger partial charge is 0.483 e. The monoisotopic (exact) mass is 538 g/mol. The Bertz CT molecular complexity index is 972. The third kappa shape index (κ3) is 4.93. The zero-order valence-corrected chi connectivity index (χ0v) is 18.1. The second-order valence-electron chi connectivity index (χ2n) is 5.38. The molecule has 3 rings (SSSR count). The minimum Gasteiger partial charge on any atom is -0.483 e. The third-order valence-electron chi connectivity index (χ3n) is 3.51. The molecule has 1 N–H and O–H groups in total. The first-order chi connectivity index (χ1) is 12.5. The van der Waals surface area contributed by atoms with E-state index in [4.69, 9.17) is 4.74 Å². The van der Waals surface area contributed by atoms with E-state index in [1.54, 1.807) is 6.21 Å². The lowest BCUT2D eigenvalue weighted by atomic mass is 10.1. The highest BCUT2D eigenvalue weighted by molar-refractivity contribution is 9.11. The Balaban J connectivity index is 1.59. The zero-order valence-electron chi connectivity index (χ0n) is 13.4. The van der Waals surface area contributed by atoms with Gasteiger partial charge < -0.3 is 4.74 Å². The molecule has 0 aliphatic rings. The molecule has 0 saturated heterocycles. The molecule has 0 aliphatic carbocycles. The summed E-state index contributed by atoms with van der Waals surface area (Å²) in [6.45, 7) is -0.127. The van der Waals surface area contributed by atoms with Crippen molar-refractivity contribution in [2.75, 3.05) is 6.61 Å². The molecular weight excluding hydrogens is 528 g/mol. The van der Waals surface area contributed by atoms with Gasteiger partial charge in [-0.15, -0.1) is 0 Å². The number of benzene rings is 3. The molecule has 4 nitrogen and oxygen atoms in total. The average molecular weight is 541 g/mol. The quantitative estimate of drug-likeness (QED) is 0.335. The zero-order chi connectivity index (χ0) is 18.5. The van der Waals surface area contributed by atoms with Gasteiger partial charge in [-0.3, -0.25) is 4.79 Å². The first kappa shape index (κ1) is 19.1. The topological polar surface area (TPSA) is 50.7 Å². The van der Waals surface area contributed by atoms with E-state index in [0.717, 1.165) is 29.8 Å². The molecule has 26 heavy (non-hydrogen) atoms. The van der Waals surface area contributed by atoms with E-state index in [2.05, 4.69) is 58.3 Å². The highest BCUT2D eigenvalue weighted by Crippen LogP contribution is 2.34. The fourth-order valence-electron chi connectivity index (χ4n) is 2.26. The molecule has 1 amide bonds. The first-order valence-electron chi connectivity index (χ1n) is 7.61. The van der Waals surface area contributed by atoms with Gasteiger partial charge in [0.1, 0.15) is 5.75 Å². The molecule has 0 fully saturated rings. The summed E-state index contributed by atoms with van der Waals surface area (Å²) >= 11 is 10.4. The summed E-state index contributed by atoms with van der Waals surface area (Å²) in [6, 6.07) is 17.3. The number of ether oxygens (including phenoxy) is 1. The molecule has 0 aromatic heterocycles. The summed E-state index contributed by atoms with van der Waals surface area (Å²) in [5, 5.41) is 6.01. The normalized spacial score (nSPS) is 11.0. The van der Waals surface area contributed by atoms with Crippen LogP contribution in [-0.4, -0.2) is 18.7 Å². The molecule has 0 atom stereocenters. The van der Waals surface area contributed by atoms with Crippen molar-refractivity contribution in [2.24, 2.45) is 5.10 Å². The average Bonchev–Trinajstić information content (AvgIpc) is 2.63. The summed E-state index contributed by atoms with van der Waals surface area (Å²) in [5.41, 5.74) is 3.34. The Hall–Kier alpha value is -1.70. The number of hydrogen-bond acceptors (Lipinski definition) is 3. The summed E-state index contributed by atoms with van der Waals surface area (Å²) in [4.78, 5) is 11.9. The molecule has 0 unspecified atom stereocenters. The van der Waals surface area contributed by atoms with Crippen LogP contribution in [0.5, 0.6) is 5.75 Å². The van der Waals surface area contributed by atoms with Crippen molar-refractivity contribution in [2.45, 2.75) is 0 Å². The van der Waals surface area contributed by atoms with Gasteiger partial charge >= 0.3 is 0 Å². The van der Waals surface area contributed by atoms with Crippen LogP contribution in [0.2, 0.25) is 0 Å². The van der Waals surface area contributed by atoms with Gasteiger partial charge in [-0.25, -0.2) is 5.43 Å². The molecule has 3 aromatic carbocycles. The van der Waals surface area contributed by atoms with Crippen LogP contribution in [0.25, 0.3) is 10.8 Å². The van der Waals surface area contributed by atoms with Crippen LogP contribution in [0.3, 0.4) is 0 Å².